The summed E-state index contributed by atoms with van der Waals surface area (Å²) in [7, 11) is 1.69. The SMILES string of the molecule is CN(C(=O)[C@@H]1COC(=O)N1)c1ccc2cnn(C3CCCCO3)c2c1. The van der Waals surface area contributed by atoms with Gasteiger partial charge in [0.05, 0.1) is 11.7 Å². The molecular formula is C17H20N4O4. The Morgan fingerprint density at radius 1 is 1.40 bits per heavy atom. The minimum Gasteiger partial charge on any atom is -0.447 e. The molecule has 4 rings (SSSR count). The average Bonchev–Trinajstić information content (AvgIpc) is 3.27. The molecule has 8 heteroatoms. The van der Waals surface area contributed by atoms with Gasteiger partial charge in [0.25, 0.3) is 5.91 Å². The third-order valence-corrected chi connectivity index (χ3v) is 4.70. The average molecular weight is 344 g/mol. The Labute approximate surface area is 144 Å². The van der Waals surface area contributed by atoms with Crippen molar-refractivity contribution in [1.82, 2.24) is 15.1 Å². The van der Waals surface area contributed by atoms with E-state index in [0.717, 1.165) is 42.5 Å². The van der Waals surface area contributed by atoms with Crippen LogP contribution >= 0.6 is 0 Å². The Kier molecular flexibility index (Phi) is 4.04. The summed E-state index contributed by atoms with van der Waals surface area (Å²) < 4.78 is 12.5. The molecule has 0 radical (unpaired) electrons. The summed E-state index contributed by atoms with van der Waals surface area (Å²) in [6.45, 7) is 0.795. The van der Waals surface area contributed by atoms with Crippen LogP contribution in [0.3, 0.4) is 0 Å². The van der Waals surface area contributed by atoms with E-state index < -0.39 is 12.1 Å². The first-order chi connectivity index (χ1) is 12.1. The lowest BCUT2D eigenvalue weighted by atomic mass is 10.1. The number of likely N-dealkylation sites (N-methyl/N-ethyl adjacent to an activating group) is 1. The van der Waals surface area contributed by atoms with Crippen LogP contribution in [0.4, 0.5) is 10.5 Å². The Balaban J connectivity index is 1.61. The number of cyclic esters (lactones) is 1. The van der Waals surface area contributed by atoms with Crippen LogP contribution in [0.25, 0.3) is 10.9 Å². The number of carbonyl (C=O) groups excluding carboxylic acids is 2. The number of carbonyl (C=O) groups is 2. The Hall–Kier alpha value is -2.61. The van der Waals surface area contributed by atoms with E-state index >= 15 is 0 Å². The van der Waals surface area contributed by atoms with Gasteiger partial charge in [-0.25, -0.2) is 9.48 Å². The highest BCUT2D eigenvalue weighted by Crippen LogP contribution is 2.28. The van der Waals surface area contributed by atoms with Crippen LogP contribution in [-0.2, 0) is 14.3 Å². The maximum atomic E-state index is 12.5. The minimum atomic E-state index is -0.653. The largest absolute Gasteiger partial charge is 0.447 e. The molecule has 25 heavy (non-hydrogen) atoms. The highest BCUT2D eigenvalue weighted by atomic mass is 16.6. The number of nitrogens with one attached hydrogen (secondary N) is 1. The smallest absolute Gasteiger partial charge is 0.407 e. The molecule has 2 fully saturated rings. The van der Waals surface area contributed by atoms with E-state index in [1.807, 2.05) is 29.1 Å². The Bertz CT molecular complexity index is 812. The quantitative estimate of drug-likeness (QED) is 0.918. The van der Waals surface area contributed by atoms with E-state index in [2.05, 4.69) is 10.4 Å². The number of nitrogens with zero attached hydrogens (tertiary/aromatic N) is 3. The Morgan fingerprint density at radius 2 is 2.28 bits per heavy atom. The molecule has 1 aromatic carbocycles. The molecule has 0 spiro atoms. The van der Waals surface area contributed by atoms with Crippen molar-refractivity contribution in [2.24, 2.45) is 0 Å². The van der Waals surface area contributed by atoms with Gasteiger partial charge in [0, 0.05) is 24.7 Å². The zero-order chi connectivity index (χ0) is 17.4. The number of aromatic nitrogens is 2. The second-order valence-electron chi connectivity index (χ2n) is 6.35. The third-order valence-electron chi connectivity index (χ3n) is 4.70. The highest BCUT2D eigenvalue weighted by molar-refractivity contribution is 6.00. The zero-order valence-corrected chi connectivity index (χ0v) is 14.0. The monoisotopic (exact) mass is 344 g/mol. The normalized spacial score (nSPS) is 23.3. The van der Waals surface area contributed by atoms with Crippen molar-refractivity contribution in [3.8, 4) is 0 Å². The Morgan fingerprint density at radius 3 is 3.00 bits per heavy atom. The maximum Gasteiger partial charge on any atom is 0.407 e. The number of rotatable bonds is 3. The van der Waals surface area contributed by atoms with Crippen molar-refractivity contribution in [2.75, 3.05) is 25.2 Å². The number of ether oxygens (including phenoxy) is 2. The number of amides is 2. The number of benzene rings is 1. The van der Waals surface area contributed by atoms with Crippen LogP contribution in [0, 0.1) is 0 Å². The van der Waals surface area contributed by atoms with E-state index in [1.165, 1.54) is 4.90 Å². The lowest BCUT2D eigenvalue weighted by Crippen LogP contribution is -2.44. The van der Waals surface area contributed by atoms with E-state index in [0.29, 0.717) is 0 Å². The van der Waals surface area contributed by atoms with Gasteiger partial charge in [-0.3, -0.25) is 4.79 Å². The molecule has 132 valence electrons. The molecule has 1 aromatic heterocycles. The molecular weight excluding hydrogens is 324 g/mol. The zero-order valence-electron chi connectivity index (χ0n) is 14.0. The number of anilines is 1. The van der Waals surface area contributed by atoms with Gasteiger partial charge in [-0.15, -0.1) is 0 Å². The van der Waals surface area contributed by atoms with Gasteiger partial charge in [0.15, 0.2) is 6.23 Å². The van der Waals surface area contributed by atoms with Crippen molar-refractivity contribution in [3.63, 3.8) is 0 Å². The van der Waals surface area contributed by atoms with Crippen molar-refractivity contribution in [3.05, 3.63) is 24.4 Å². The minimum absolute atomic E-state index is 0.0537. The first-order valence-corrected chi connectivity index (χ1v) is 8.43. The topological polar surface area (TPSA) is 85.7 Å². The van der Waals surface area contributed by atoms with E-state index in [-0.39, 0.29) is 18.7 Å². The van der Waals surface area contributed by atoms with E-state index in [9.17, 15) is 9.59 Å². The predicted octanol–water partition coefficient (Wildman–Crippen LogP) is 1.81. The van der Waals surface area contributed by atoms with E-state index in [1.54, 1.807) is 7.05 Å². The molecule has 0 bridgehead atoms. The second-order valence-corrected chi connectivity index (χ2v) is 6.35. The molecule has 8 nitrogen and oxygen atoms in total. The van der Waals surface area contributed by atoms with Gasteiger partial charge in [-0.2, -0.15) is 5.10 Å². The van der Waals surface area contributed by atoms with Crippen LogP contribution in [0.2, 0.25) is 0 Å². The first kappa shape index (κ1) is 15.9. The van der Waals surface area contributed by atoms with Crippen LogP contribution < -0.4 is 10.2 Å². The molecule has 1 N–H and O–H groups in total. The standard InChI is InChI=1S/C17H20N4O4/c1-20(16(22)13-10-25-17(23)19-13)12-6-5-11-9-18-21(14(11)8-12)15-4-2-3-7-24-15/h5-6,8-9,13,15H,2-4,7,10H2,1H3,(H,19,23)/t13-,15?/m0/s1. The van der Waals surface area contributed by atoms with Gasteiger partial charge < -0.3 is 19.7 Å². The van der Waals surface area contributed by atoms with Gasteiger partial charge in [0.2, 0.25) is 0 Å². The van der Waals surface area contributed by atoms with Crippen molar-refractivity contribution in [2.45, 2.75) is 31.5 Å². The predicted molar refractivity (Wildman–Crippen MR) is 90.3 cm³/mol. The molecule has 1 unspecified atom stereocenters. The van der Waals surface area contributed by atoms with Crippen LogP contribution in [0.15, 0.2) is 24.4 Å². The van der Waals surface area contributed by atoms with Crippen molar-refractivity contribution >= 4 is 28.6 Å². The van der Waals surface area contributed by atoms with Crippen LogP contribution in [0.5, 0.6) is 0 Å². The maximum absolute atomic E-state index is 12.5. The van der Waals surface area contributed by atoms with Crippen molar-refractivity contribution < 1.29 is 19.1 Å². The van der Waals surface area contributed by atoms with E-state index in [4.69, 9.17) is 9.47 Å². The molecule has 2 aliphatic rings. The van der Waals surface area contributed by atoms with Crippen LogP contribution in [-0.4, -0.2) is 48.1 Å². The number of alkyl carbamates (subject to hydrolysis) is 1. The van der Waals surface area contributed by atoms with Crippen molar-refractivity contribution in [1.29, 1.82) is 0 Å². The molecule has 2 aromatic rings. The van der Waals surface area contributed by atoms with Gasteiger partial charge >= 0.3 is 6.09 Å². The fourth-order valence-corrected chi connectivity index (χ4v) is 3.26. The number of fused-ring (bicyclic) bond motifs is 1. The lowest BCUT2D eigenvalue weighted by molar-refractivity contribution is -0.120. The summed E-state index contributed by atoms with van der Waals surface area (Å²) in [4.78, 5) is 25.2. The summed E-state index contributed by atoms with van der Waals surface area (Å²) in [6.07, 6.45) is 4.31. The number of hydrogen-bond acceptors (Lipinski definition) is 5. The molecule has 2 saturated heterocycles. The lowest BCUT2D eigenvalue weighted by Gasteiger charge is -2.24. The first-order valence-electron chi connectivity index (χ1n) is 8.43. The summed E-state index contributed by atoms with van der Waals surface area (Å²) in [6, 6.07) is 5.08. The summed E-state index contributed by atoms with van der Waals surface area (Å²) >= 11 is 0. The molecule has 2 amide bonds. The molecule has 2 aliphatic heterocycles. The van der Waals surface area contributed by atoms with Gasteiger partial charge in [-0.05, 0) is 37.5 Å². The summed E-state index contributed by atoms with van der Waals surface area (Å²) in [5.74, 6) is -0.217. The fraction of sp³-hybridized carbons (Fsp3) is 0.471. The highest BCUT2D eigenvalue weighted by Gasteiger charge is 2.31. The molecule has 0 aliphatic carbocycles. The third kappa shape index (κ3) is 2.93. The van der Waals surface area contributed by atoms with Crippen LogP contribution in [0.1, 0.15) is 25.5 Å². The molecule has 2 atom stereocenters. The fourth-order valence-electron chi connectivity index (χ4n) is 3.26. The van der Waals surface area contributed by atoms with Gasteiger partial charge in [-0.1, -0.05) is 0 Å². The number of hydrogen-bond donors (Lipinski definition) is 1. The molecule has 0 saturated carbocycles. The second kappa shape index (κ2) is 6.36. The van der Waals surface area contributed by atoms with Gasteiger partial charge in [0.1, 0.15) is 12.6 Å². The summed E-state index contributed by atoms with van der Waals surface area (Å²) in [5.41, 5.74) is 1.66. The summed E-state index contributed by atoms with van der Waals surface area (Å²) in [5, 5.41) is 7.97. The molecule has 3 heterocycles.